The second kappa shape index (κ2) is 8.93. The van der Waals surface area contributed by atoms with Crippen molar-refractivity contribution >= 4 is 12.0 Å². The Morgan fingerprint density at radius 3 is 2.58 bits per heavy atom. The molecule has 1 aromatic carbocycles. The lowest BCUT2D eigenvalue weighted by Crippen LogP contribution is -2.70. The maximum absolute atomic E-state index is 14.8. The molecule has 2 unspecified atom stereocenters. The Balaban J connectivity index is 1.36. The van der Waals surface area contributed by atoms with Gasteiger partial charge in [-0.25, -0.2) is 4.39 Å². The molecule has 36 heavy (non-hydrogen) atoms. The molecule has 1 N–H and O–H groups in total. The monoisotopic (exact) mass is 510 g/mol. The number of amides is 2. The summed E-state index contributed by atoms with van der Waals surface area (Å²) in [6, 6.07) is 2.56. The number of likely N-dealkylation sites (tertiary alicyclic amines) is 2. The van der Waals surface area contributed by atoms with Crippen LogP contribution in [0.2, 0.25) is 0 Å². The molecule has 194 valence electrons. The summed E-state index contributed by atoms with van der Waals surface area (Å²) >= 11 is 0. The zero-order chi connectivity index (χ0) is 25.7. The van der Waals surface area contributed by atoms with Crippen molar-refractivity contribution in [3.8, 4) is 5.75 Å². The first kappa shape index (κ1) is 24.3. The van der Waals surface area contributed by atoms with Gasteiger partial charge in [0.2, 0.25) is 5.91 Å². The van der Waals surface area contributed by atoms with Crippen LogP contribution in [-0.2, 0) is 24.1 Å². The highest BCUT2D eigenvalue weighted by Crippen LogP contribution is 2.49. The molecule has 2 atom stereocenters. The van der Waals surface area contributed by atoms with Crippen LogP contribution in [0.4, 0.5) is 22.4 Å². The van der Waals surface area contributed by atoms with Gasteiger partial charge in [0.05, 0.1) is 11.4 Å². The number of fused-ring (bicyclic) bond motifs is 1. The number of benzene rings is 1. The van der Waals surface area contributed by atoms with Crippen molar-refractivity contribution in [1.82, 2.24) is 25.2 Å². The van der Waals surface area contributed by atoms with Crippen LogP contribution in [0.5, 0.6) is 5.75 Å². The number of carbonyl (C=O) groups excluding carboxylic acids is 2. The lowest BCUT2D eigenvalue weighted by atomic mass is 9.63. The molecule has 2 aliphatic heterocycles. The van der Waals surface area contributed by atoms with E-state index in [0.717, 1.165) is 17.5 Å². The van der Waals surface area contributed by atoms with Gasteiger partial charge in [-0.3, -0.25) is 4.79 Å². The summed E-state index contributed by atoms with van der Waals surface area (Å²) in [6.45, 7) is 0.900. The molecule has 0 bridgehead atoms. The van der Waals surface area contributed by atoms with Crippen molar-refractivity contribution < 1.29 is 37.0 Å². The van der Waals surface area contributed by atoms with Gasteiger partial charge in [0.15, 0.2) is 0 Å². The normalized spacial score (nSPS) is 23.2. The number of alkyl halides is 3. The SMILES string of the molecule is O=C([O-])N1CCC2(CC1)CN(C(=O)C1CCc3n[nH]nc3C1)C2Cc1ccc(OC(F)(F)F)cc1F. The van der Waals surface area contributed by atoms with Crippen LogP contribution < -0.4 is 9.84 Å². The summed E-state index contributed by atoms with van der Waals surface area (Å²) in [5.41, 5.74) is 1.34. The van der Waals surface area contributed by atoms with Gasteiger partial charge in [-0.05, 0) is 43.7 Å². The van der Waals surface area contributed by atoms with Crippen molar-refractivity contribution in [2.45, 2.75) is 50.9 Å². The number of hydrogen-bond acceptors (Lipinski definition) is 6. The molecule has 2 fully saturated rings. The average molecular weight is 510 g/mol. The molecular formula is C23H24F4N5O4-. The van der Waals surface area contributed by atoms with E-state index in [1.807, 2.05) is 0 Å². The third kappa shape index (κ3) is 4.58. The largest absolute Gasteiger partial charge is 0.573 e. The first-order valence-corrected chi connectivity index (χ1v) is 11.7. The zero-order valence-electron chi connectivity index (χ0n) is 19.2. The predicted molar refractivity (Wildman–Crippen MR) is 113 cm³/mol. The van der Waals surface area contributed by atoms with Gasteiger partial charge in [0, 0.05) is 49.5 Å². The Labute approximate surface area is 203 Å². The number of aromatic nitrogens is 3. The van der Waals surface area contributed by atoms with Crippen molar-refractivity contribution in [2.24, 2.45) is 11.3 Å². The quantitative estimate of drug-likeness (QED) is 0.628. The fourth-order valence-electron chi connectivity index (χ4n) is 5.79. The zero-order valence-corrected chi connectivity index (χ0v) is 19.2. The second-order valence-corrected chi connectivity index (χ2v) is 9.76. The second-order valence-electron chi connectivity index (χ2n) is 9.76. The summed E-state index contributed by atoms with van der Waals surface area (Å²) in [7, 11) is 0. The summed E-state index contributed by atoms with van der Waals surface area (Å²) < 4.78 is 56.2. The van der Waals surface area contributed by atoms with Gasteiger partial charge in [0.25, 0.3) is 0 Å². The Bertz CT molecular complexity index is 1160. The third-order valence-electron chi connectivity index (χ3n) is 7.76. The van der Waals surface area contributed by atoms with Gasteiger partial charge in [-0.2, -0.15) is 15.4 Å². The number of aryl methyl sites for hydroxylation is 1. The van der Waals surface area contributed by atoms with Crippen LogP contribution in [0.25, 0.3) is 0 Å². The van der Waals surface area contributed by atoms with Gasteiger partial charge < -0.3 is 24.4 Å². The van der Waals surface area contributed by atoms with Crippen molar-refractivity contribution in [3.63, 3.8) is 0 Å². The van der Waals surface area contributed by atoms with Crippen LogP contribution in [0, 0.1) is 17.2 Å². The third-order valence-corrected chi connectivity index (χ3v) is 7.76. The van der Waals surface area contributed by atoms with E-state index >= 15 is 0 Å². The maximum atomic E-state index is 14.8. The molecule has 3 aliphatic rings. The number of H-pyrrole nitrogens is 1. The maximum Gasteiger partial charge on any atom is 0.573 e. The number of halogens is 4. The highest BCUT2D eigenvalue weighted by Gasteiger charge is 2.56. The minimum absolute atomic E-state index is 0.0842. The minimum Gasteiger partial charge on any atom is -0.530 e. The molecule has 9 nitrogen and oxygen atoms in total. The molecule has 2 aromatic rings. The summed E-state index contributed by atoms with van der Waals surface area (Å²) in [4.78, 5) is 27.7. The highest BCUT2D eigenvalue weighted by molar-refractivity contribution is 5.81. The standard InChI is InChI=1S/C23H25F4N5O4/c24-16-11-15(36-23(25,26)27)3-1-13(16)10-19-22(5-7-31(8-6-22)21(34)35)12-32(19)20(33)14-2-4-17-18(9-14)29-30-28-17/h1,3,11,14,19H,2,4-10,12H2,(H,34,35)(H,28,29,30)/p-1. The number of nitrogens with zero attached hydrogens (tertiary/aromatic N) is 4. The number of carbonyl (C=O) groups is 2. The summed E-state index contributed by atoms with van der Waals surface area (Å²) in [5, 5.41) is 22.1. The number of aromatic amines is 1. The molecule has 5 rings (SSSR count). The van der Waals surface area contributed by atoms with Crippen LogP contribution in [-0.4, -0.2) is 69.2 Å². The van der Waals surface area contributed by atoms with E-state index in [1.54, 1.807) is 4.90 Å². The topological polar surface area (TPSA) is 114 Å². The average Bonchev–Trinajstić information content (AvgIpc) is 3.29. The molecular weight excluding hydrogens is 486 g/mol. The Hall–Kier alpha value is -3.38. The lowest BCUT2D eigenvalue weighted by Gasteiger charge is -2.61. The molecule has 13 heteroatoms. The van der Waals surface area contributed by atoms with Crippen LogP contribution in [0.15, 0.2) is 18.2 Å². The smallest absolute Gasteiger partial charge is 0.530 e. The van der Waals surface area contributed by atoms with Gasteiger partial charge >= 0.3 is 6.36 Å². The van der Waals surface area contributed by atoms with E-state index in [-0.39, 0.29) is 36.9 Å². The lowest BCUT2D eigenvalue weighted by molar-refractivity contribution is -0.274. The molecule has 1 aromatic heterocycles. The first-order valence-electron chi connectivity index (χ1n) is 11.7. The number of hydrogen-bond donors (Lipinski definition) is 1. The van der Waals surface area contributed by atoms with E-state index in [9.17, 15) is 32.3 Å². The number of rotatable bonds is 4. The van der Waals surface area contributed by atoms with E-state index < -0.39 is 35.5 Å². The van der Waals surface area contributed by atoms with Crippen LogP contribution >= 0.6 is 0 Å². The van der Waals surface area contributed by atoms with Crippen LogP contribution in [0.3, 0.4) is 0 Å². The molecule has 2 amide bonds. The number of piperidine rings is 1. The van der Waals surface area contributed by atoms with Gasteiger partial charge in [-0.15, -0.1) is 13.2 Å². The van der Waals surface area contributed by atoms with E-state index in [1.165, 1.54) is 11.0 Å². The molecule has 2 saturated heterocycles. The van der Waals surface area contributed by atoms with Crippen molar-refractivity contribution in [1.29, 1.82) is 0 Å². The van der Waals surface area contributed by atoms with Crippen molar-refractivity contribution in [2.75, 3.05) is 19.6 Å². The molecule has 0 radical (unpaired) electrons. The minimum atomic E-state index is -4.94. The number of carboxylic acid groups (broad SMARTS) is 1. The number of ether oxygens (including phenoxy) is 1. The van der Waals surface area contributed by atoms with Crippen LogP contribution in [0.1, 0.15) is 36.2 Å². The number of nitrogens with one attached hydrogen (secondary N) is 1. The van der Waals surface area contributed by atoms with E-state index in [0.29, 0.717) is 44.7 Å². The fraction of sp³-hybridized carbons (Fsp3) is 0.565. The van der Waals surface area contributed by atoms with Crippen molar-refractivity contribution in [3.05, 3.63) is 41.0 Å². The Morgan fingerprint density at radius 1 is 1.19 bits per heavy atom. The molecule has 0 saturated carbocycles. The summed E-state index contributed by atoms with van der Waals surface area (Å²) in [5.74, 6) is -1.91. The molecule has 3 heterocycles. The fourth-order valence-corrected chi connectivity index (χ4v) is 5.79. The van der Waals surface area contributed by atoms with E-state index in [2.05, 4.69) is 20.1 Å². The van der Waals surface area contributed by atoms with Gasteiger partial charge in [0.1, 0.15) is 17.7 Å². The Kier molecular flexibility index (Phi) is 6.03. The van der Waals surface area contributed by atoms with E-state index in [4.69, 9.17) is 0 Å². The van der Waals surface area contributed by atoms with Gasteiger partial charge in [-0.1, -0.05) is 6.07 Å². The molecule has 1 spiro atoms. The predicted octanol–water partition coefficient (Wildman–Crippen LogP) is 1.83. The summed E-state index contributed by atoms with van der Waals surface area (Å²) in [6.07, 6.45) is -3.49. The Morgan fingerprint density at radius 2 is 1.92 bits per heavy atom. The molecule has 1 aliphatic carbocycles. The highest BCUT2D eigenvalue weighted by atomic mass is 19.4. The first-order chi connectivity index (χ1) is 17.0.